The van der Waals surface area contributed by atoms with Gasteiger partial charge in [0, 0.05) is 20.8 Å². The van der Waals surface area contributed by atoms with Crippen molar-refractivity contribution in [3.63, 3.8) is 0 Å². The molecule has 1 N–H and O–H groups in total. The Morgan fingerprint density at radius 1 is 1.12 bits per heavy atom. The van der Waals surface area contributed by atoms with Crippen LogP contribution in [-0.4, -0.2) is 60.9 Å². The average molecular weight is 345 g/mol. The van der Waals surface area contributed by atoms with Crippen LogP contribution in [0, 0.1) is 0 Å². The van der Waals surface area contributed by atoms with E-state index >= 15 is 0 Å². The second-order valence-electron chi connectivity index (χ2n) is 6.25. The van der Waals surface area contributed by atoms with Gasteiger partial charge in [-0.25, -0.2) is 0 Å². The van der Waals surface area contributed by atoms with Crippen molar-refractivity contribution in [2.24, 2.45) is 0 Å². The van der Waals surface area contributed by atoms with Gasteiger partial charge in [-0.3, -0.25) is 14.4 Å². The van der Waals surface area contributed by atoms with Gasteiger partial charge in [0.1, 0.15) is 12.7 Å². The van der Waals surface area contributed by atoms with Crippen LogP contribution in [0.5, 0.6) is 0 Å². The van der Waals surface area contributed by atoms with E-state index in [1.54, 1.807) is 13.8 Å². The first-order valence-electron chi connectivity index (χ1n) is 7.68. The van der Waals surface area contributed by atoms with Crippen molar-refractivity contribution < 1.29 is 38.1 Å². The highest BCUT2D eigenvalue weighted by molar-refractivity contribution is 5.73. The van der Waals surface area contributed by atoms with E-state index in [0.29, 0.717) is 0 Å². The Morgan fingerprint density at radius 2 is 1.79 bits per heavy atom. The monoisotopic (exact) mass is 345 g/mol. The zero-order valence-electron chi connectivity index (χ0n) is 14.4. The maximum Gasteiger partial charge on any atom is 0.303 e. The van der Waals surface area contributed by atoms with Crippen molar-refractivity contribution in [3.8, 4) is 0 Å². The largest absolute Gasteiger partial charge is 0.464 e. The first-order chi connectivity index (χ1) is 11.1. The van der Waals surface area contributed by atoms with Crippen LogP contribution in [0.1, 0.15) is 34.6 Å². The third kappa shape index (κ3) is 4.43. The van der Waals surface area contributed by atoms with Gasteiger partial charge in [0.15, 0.2) is 24.3 Å². The van der Waals surface area contributed by atoms with Gasteiger partial charge in [0.2, 0.25) is 5.91 Å². The van der Waals surface area contributed by atoms with Crippen molar-refractivity contribution in [3.05, 3.63) is 0 Å². The second-order valence-corrected chi connectivity index (χ2v) is 6.25. The number of esters is 2. The topological polar surface area (TPSA) is 109 Å². The Kier molecular flexibility index (Phi) is 5.46. The summed E-state index contributed by atoms with van der Waals surface area (Å²) in [7, 11) is 0. The molecule has 0 unspecified atom stereocenters. The molecule has 9 nitrogen and oxygen atoms in total. The average Bonchev–Trinajstić information content (AvgIpc) is 2.87. The summed E-state index contributed by atoms with van der Waals surface area (Å²) < 4.78 is 27.5. The third-order valence-corrected chi connectivity index (χ3v) is 3.58. The van der Waals surface area contributed by atoms with E-state index in [1.165, 1.54) is 20.8 Å². The highest BCUT2D eigenvalue weighted by Crippen LogP contribution is 2.39. The van der Waals surface area contributed by atoms with Crippen molar-refractivity contribution >= 4 is 17.8 Å². The van der Waals surface area contributed by atoms with Gasteiger partial charge in [0.05, 0.1) is 6.04 Å². The third-order valence-electron chi connectivity index (χ3n) is 3.58. The van der Waals surface area contributed by atoms with E-state index in [2.05, 4.69) is 5.32 Å². The summed E-state index contributed by atoms with van der Waals surface area (Å²) >= 11 is 0. The molecule has 2 fully saturated rings. The highest BCUT2D eigenvalue weighted by Gasteiger charge is 2.58. The van der Waals surface area contributed by atoms with Crippen LogP contribution < -0.4 is 5.32 Å². The molecule has 1 amide bonds. The van der Waals surface area contributed by atoms with Crippen LogP contribution in [0.2, 0.25) is 0 Å². The van der Waals surface area contributed by atoms with Gasteiger partial charge >= 0.3 is 11.9 Å². The van der Waals surface area contributed by atoms with E-state index in [1.807, 2.05) is 0 Å². The first-order valence-corrected chi connectivity index (χ1v) is 7.68. The Labute approximate surface area is 139 Å². The molecule has 2 rings (SSSR count). The summed E-state index contributed by atoms with van der Waals surface area (Å²) in [4.78, 5) is 34.0. The minimum atomic E-state index is -0.877. The van der Waals surface area contributed by atoms with Crippen molar-refractivity contribution in [1.29, 1.82) is 0 Å². The van der Waals surface area contributed by atoms with Gasteiger partial charge in [0.25, 0.3) is 0 Å². The van der Waals surface area contributed by atoms with Crippen molar-refractivity contribution in [2.45, 2.75) is 71.0 Å². The lowest BCUT2D eigenvalue weighted by Gasteiger charge is -2.30. The smallest absolute Gasteiger partial charge is 0.303 e. The van der Waals surface area contributed by atoms with Crippen LogP contribution in [0.4, 0.5) is 0 Å². The number of ether oxygens (including phenoxy) is 5. The number of amides is 1. The van der Waals surface area contributed by atoms with E-state index in [9.17, 15) is 14.4 Å². The second kappa shape index (κ2) is 7.04. The number of hydrogen-bond donors (Lipinski definition) is 1. The Hall–Kier alpha value is -1.71. The molecular formula is C15H23NO8. The number of fused-ring (bicyclic) bond motifs is 1. The fourth-order valence-corrected chi connectivity index (χ4v) is 2.84. The number of carbonyl (C=O) groups excluding carboxylic acids is 3. The fourth-order valence-electron chi connectivity index (χ4n) is 2.84. The van der Waals surface area contributed by atoms with Crippen LogP contribution >= 0.6 is 0 Å². The molecule has 0 bridgehead atoms. The molecule has 2 heterocycles. The maximum absolute atomic E-state index is 11.5. The molecule has 0 radical (unpaired) electrons. The van der Waals surface area contributed by atoms with E-state index in [4.69, 9.17) is 23.7 Å². The molecule has 2 saturated heterocycles. The SMILES string of the molecule is CC(=O)N[C@H](COC(C)=O)[C@H]1O[C@@H]2OC(C)(C)O[C@@H]2[C@H]1OC(C)=O. The lowest BCUT2D eigenvalue weighted by Crippen LogP contribution is -2.52. The molecule has 5 atom stereocenters. The molecule has 0 aliphatic carbocycles. The summed E-state index contributed by atoms with van der Waals surface area (Å²) in [5.41, 5.74) is 0. The molecule has 0 aromatic carbocycles. The molecule has 9 heteroatoms. The standard InChI is InChI=1S/C15H23NO8/c1-7(17)16-10(6-20-8(2)18)11-12(21-9(3)19)13-14(22-11)24-15(4,5)23-13/h10-14H,6H2,1-5H3,(H,16,17)/t10-,11-,12+,13-,14-/m1/s1. The summed E-state index contributed by atoms with van der Waals surface area (Å²) in [6, 6.07) is -0.711. The van der Waals surface area contributed by atoms with Gasteiger partial charge in [-0.15, -0.1) is 0 Å². The molecule has 0 aromatic heterocycles. The van der Waals surface area contributed by atoms with Gasteiger partial charge in [-0.2, -0.15) is 0 Å². The Balaban J connectivity index is 2.19. The zero-order valence-corrected chi connectivity index (χ0v) is 14.4. The van der Waals surface area contributed by atoms with Crippen LogP contribution in [0.15, 0.2) is 0 Å². The van der Waals surface area contributed by atoms with E-state index in [0.717, 1.165) is 0 Å². The number of hydrogen-bond acceptors (Lipinski definition) is 8. The minimum absolute atomic E-state index is 0.125. The lowest BCUT2D eigenvalue weighted by atomic mass is 10.0. The van der Waals surface area contributed by atoms with Crippen molar-refractivity contribution in [2.75, 3.05) is 6.61 Å². The number of rotatable bonds is 5. The fraction of sp³-hybridized carbons (Fsp3) is 0.800. The summed E-state index contributed by atoms with van der Waals surface area (Å²) in [5, 5.41) is 2.65. The van der Waals surface area contributed by atoms with E-state index in [-0.39, 0.29) is 12.5 Å². The van der Waals surface area contributed by atoms with E-state index < -0.39 is 48.4 Å². The molecule has 24 heavy (non-hydrogen) atoms. The summed E-state index contributed by atoms with van der Waals surface area (Å²) in [6.07, 6.45) is -2.96. The highest BCUT2D eigenvalue weighted by atomic mass is 16.8. The Bertz CT molecular complexity index is 520. The predicted molar refractivity (Wildman–Crippen MR) is 78.5 cm³/mol. The quantitative estimate of drug-likeness (QED) is 0.686. The van der Waals surface area contributed by atoms with Gasteiger partial charge < -0.3 is 29.0 Å². The normalized spacial score (nSPS) is 31.9. The number of nitrogens with one attached hydrogen (secondary N) is 1. The predicted octanol–water partition coefficient (Wildman–Crippen LogP) is -0.138. The first kappa shape index (κ1) is 18.6. The molecule has 0 spiro atoms. The van der Waals surface area contributed by atoms with Gasteiger partial charge in [-0.05, 0) is 13.8 Å². The Morgan fingerprint density at radius 3 is 2.33 bits per heavy atom. The van der Waals surface area contributed by atoms with Gasteiger partial charge in [-0.1, -0.05) is 0 Å². The van der Waals surface area contributed by atoms with Crippen LogP contribution in [0.3, 0.4) is 0 Å². The maximum atomic E-state index is 11.5. The lowest BCUT2D eigenvalue weighted by molar-refractivity contribution is -0.223. The van der Waals surface area contributed by atoms with Crippen LogP contribution in [-0.2, 0) is 38.1 Å². The number of carbonyl (C=O) groups is 3. The molecule has 0 saturated carbocycles. The summed E-state index contributed by atoms with van der Waals surface area (Å²) in [5.74, 6) is -2.23. The molecule has 2 aliphatic rings. The molecule has 2 aliphatic heterocycles. The summed E-state index contributed by atoms with van der Waals surface area (Å²) in [6.45, 7) is 7.17. The molecular weight excluding hydrogens is 322 g/mol. The van der Waals surface area contributed by atoms with Crippen molar-refractivity contribution in [1.82, 2.24) is 5.32 Å². The minimum Gasteiger partial charge on any atom is -0.464 e. The zero-order chi connectivity index (χ0) is 18.1. The van der Waals surface area contributed by atoms with Crippen LogP contribution in [0.25, 0.3) is 0 Å². The molecule has 136 valence electrons. The molecule has 0 aromatic rings.